The van der Waals surface area contributed by atoms with Crippen LogP contribution in [0.1, 0.15) is 11.1 Å². The average Bonchev–Trinajstić information content (AvgIpc) is 2.44. The lowest BCUT2D eigenvalue weighted by molar-refractivity contribution is 0.953. The zero-order valence-corrected chi connectivity index (χ0v) is 11.8. The summed E-state index contributed by atoms with van der Waals surface area (Å²) < 4.78 is 0. The Balaban J connectivity index is 2.10. The van der Waals surface area contributed by atoms with E-state index in [-0.39, 0.29) is 0 Å². The molecular formula is C13H17N5S. The molecule has 0 saturated heterocycles. The Bertz CT molecular complexity index is 536. The first-order valence-electron chi connectivity index (χ1n) is 5.90. The molecule has 0 unspecified atom stereocenters. The third-order valence-electron chi connectivity index (χ3n) is 2.59. The smallest absolute Gasteiger partial charge is 0.191 e. The highest BCUT2D eigenvalue weighted by Gasteiger charge is 2.03. The second-order valence-electron chi connectivity index (χ2n) is 4.11. The molecule has 0 bridgehead atoms. The van der Waals surface area contributed by atoms with Gasteiger partial charge in [-0.05, 0) is 18.7 Å². The largest absolute Gasteiger partial charge is 0.366 e. The molecule has 1 aromatic carbocycles. The van der Waals surface area contributed by atoms with E-state index >= 15 is 0 Å². The Hall–Kier alpha value is -1.79. The Kier molecular flexibility index (Phi) is 4.59. The Labute approximate surface area is 117 Å². The summed E-state index contributed by atoms with van der Waals surface area (Å²) >= 11 is 1.48. The summed E-state index contributed by atoms with van der Waals surface area (Å²) in [5.41, 5.74) is 5.01. The van der Waals surface area contributed by atoms with Crippen molar-refractivity contribution in [2.75, 3.05) is 17.0 Å². The number of hydrogen-bond donors (Lipinski definition) is 3. The third kappa shape index (κ3) is 3.84. The third-order valence-corrected chi connectivity index (χ3v) is 3.14. The van der Waals surface area contributed by atoms with Gasteiger partial charge in [0.25, 0.3) is 0 Å². The lowest BCUT2D eigenvalue weighted by Gasteiger charge is -2.09. The van der Waals surface area contributed by atoms with E-state index in [1.165, 1.54) is 22.9 Å². The van der Waals surface area contributed by atoms with E-state index in [2.05, 4.69) is 45.8 Å². The molecule has 4 N–H and O–H groups in total. The molecule has 0 radical (unpaired) electrons. The summed E-state index contributed by atoms with van der Waals surface area (Å²) in [7, 11) is 0. The minimum absolute atomic E-state index is 0.603. The normalized spacial score (nSPS) is 10.3. The number of nitrogens with one attached hydrogen (secondary N) is 2. The van der Waals surface area contributed by atoms with E-state index in [4.69, 9.17) is 5.84 Å². The van der Waals surface area contributed by atoms with Gasteiger partial charge >= 0.3 is 0 Å². The topological polar surface area (TPSA) is 75.9 Å². The van der Waals surface area contributed by atoms with Gasteiger partial charge in [0.1, 0.15) is 11.6 Å². The predicted octanol–water partition coefficient (Wildman–Crippen LogP) is 2.40. The molecule has 2 rings (SSSR count). The number of anilines is 2. The maximum atomic E-state index is 5.39. The number of nitrogens with zero attached hydrogens (tertiary/aromatic N) is 2. The summed E-state index contributed by atoms with van der Waals surface area (Å²) in [4.78, 5) is 8.60. The van der Waals surface area contributed by atoms with Crippen molar-refractivity contribution in [2.24, 2.45) is 5.84 Å². The van der Waals surface area contributed by atoms with Crippen LogP contribution in [0.25, 0.3) is 0 Å². The van der Waals surface area contributed by atoms with Gasteiger partial charge in [0, 0.05) is 12.6 Å². The molecule has 0 saturated carbocycles. The molecule has 0 aliphatic carbocycles. The lowest BCUT2D eigenvalue weighted by atomic mass is 10.1. The molecule has 0 amide bonds. The van der Waals surface area contributed by atoms with E-state index in [0.717, 1.165) is 12.4 Å². The molecular weight excluding hydrogens is 258 g/mol. The fourth-order valence-electron chi connectivity index (χ4n) is 1.70. The Morgan fingerprint density at radius 1 is 1.21 bits per heavy atom. The first-order valence-corrected chi connectivity index (χ1v) is 7.13. The van der Waals surface area contributed by atoms with Crippen LogP contribution in [0, 0.1) is 6.92 Å². The Morgan fingerprint density at radius 3 is 2.68 bits per heavy atom. The van der Waals surface area contributed by atoms with Gasteiger partial charge in [-0.25, -0.2) is 15.8 Å². The predicted molar refractivity (Wildman–Crippen MR) is 80.1 cm³/mol. The molecule has 0 fully saturated rings. The van der Waals surface area contributed by atoms with E-state index in [1.54, 1.807) is 6.07 Å². The van der Waals surface area contributed by atoms with Crippen molar-refractivity contribution in [1.82, 2.24) is 9.97 Å². The molecule has 6 heteroatoms. The molecule has 0 spiro atoms. The van der Waals surface area contributed by atoms with Crippen LogP contribution in [0.3, 0.4) is 0 Å². The molecule has 0 atom stereocenters. The van der Waals surface area contributed by atoms with Gasteiger partial charge in [-0.15, -0.1) is 0 Å². The number of aryl methyl sites for hydroxylation is 1. The number of nitrogen functional groups attached to an aromatic ring is 1. The van der Waals surface area contributed by atoms with Crippen LogP contribution in [0.5, 0.6) is 0 Å². The van der Waals surface area contributed by atoms with Gasteiger partial charge in [-0.1, -0.05) is 41.6 Å². The lowest BCUT2D eigenvalue weighted by Crippen LogP contribution is -2.11. The highest BCUT2D eigenvalue weighted by Crippen LogP contribution is 2.17. The van der Waals surface area contributed by atoms with Crippen LogP contribution in [0.2, 0.25) is 0 Å². The number of benzene rings is 1. The molecule has 100 valence electrons. The van der Waals surface area contributed by atoms with Gasteiger partial charge in [-0.2, -0.15) is 0 Å². The summed E-state index contributed by atoms with van der Waals surface area (Å²) in [5.74, 6) is 6.75. The SMILES string of the molecule is CSc1nc(NN)cc(NCc2cccc(C)c2)n1. The van der Waals surface area contributed by atoms with Crippen molar-refractivity contribution in [3.63, 3.8) is 0 Å². The van der Waals surface area contributed by atoms with E-state index in [9.17, 15) is 0 Å². The standard InChI is InChI=1S/C13H17N5S/c1-9-4-3-5-10(6-9)8-15-11-7-12(18-14)17-13(16-11)19-2/h3-7H,8,14H2,1-2H3,(H2,15,16,17,18). The number of aromatic nitrogens is 2. The van der Waals surface area contributed by atoms with Crippen LogP contribution < -0.4 is 16.6 Å². The second-order valence-corrected chi connectivity index (χ2v) is 4.89. The van der Waals surface area contributed by atoms with Crippen LogP contribution in [0.15, 0.2) is 35.5 Å². The summed E-state index contributed by atoms with van der Waals surface area (Å²) in [6, 6.07) is 10.1. The molecule has 0 aliphatic rings. The molecule has 5 nitrogen and oxygen atoms in total. The van der Waals surface area contributed by atoms with Crippen molar-refractivity contribution in [2.45, 2.75) is 18.6 Å². The van der Waals surface area contributed by atoms with Crippen LogP contribution in [0.4, 0.5) is 11.6 Å². The monoisotopic (exact) mass is 275 g/mol. The van der Waals surface area contributed by atoms with Gasteiger partial charge in [0.05, 0.1) is 0 Å². The molecule has 19 heavy (non-hydrogen) atoms. The maximum Gasteiger partial charge on any atom is 0.191 e. The first-order chi connectivity index (χ1) is 9.21. The Morgan fingerprint density at radius 2 is 2.00 bits per heavy atom. The quantitative estimate of drug-likeness (QED) is 0.337. The fraction of sp³-hybridized carbons (Fsp3) is 0.231. The van der Waals surface area contributed by atoms with Crippen molar-refractivity contribution in [3.05, 3.63) is 41.5 Å². The zero-order chi connectivity index (χ0) is 13.7. The van der Waals surface area contributed by atoms with E-state index in [0.29, 0.717) is 11.0 Å². The summed E-state index contributed by atoms with van der Waals surface area (Å²) in [6.45, 7) is 2.80. The average molecular weight is 275 g/mol. The maximum absolute atomic E-state index is 5.39. The molecule has 1 aromatic heterocycles. The number of thioether (sulfide) groups is 1. The fourth-order valence-corrected chi connectivity index (χ4v) is 2.07. The van der Waals surface area contributed by atoms with Crippen LogP contribution in [-0.4, -0.2) is 16.2 Å². The highest BCUT2D eigenvalue weighted by molar-refractivity contribution is 7.98. The highest BCUT2D eigenvalue weighted by atomic mass is 32.2. The minimum Gasteiger partial charge on any atom is -0.366 e. The summed E-state index contributed by atoms with van der Waals surface area (Å²) in [5, 5.41) is 3.96. The number of rotatable bonds is 5. The zero-order valence-electron chi connectivity index (χ0n) is 11.0. The van der Waals surface area contributed by atoms with Crippen molar-refractivity contribution < 1.29 is 0 Å². The molecule has 1 heterocycles. The van der Waals surface area contributed by atoms with Crippen LogP contribution >= 0.6 is 11.8 Å². The number of hydrogen-bond acceptors (Lipinski definition) is 6. The van der Waals surface area contributed by atoms with Crippen molar-refractivity contribution >= 4 is 23.4 Å². The number of hydrazine groups is 1. The van der Waals surface area contributed by atoms with E-state index < -0.39 is 0 Å². The van der Waals surface area contributed by atoms with Crippen molar-refractivity contribution in [3.8, 4) is 0 Å². The minimum atomic E-state index is 0.603. The van der Waals surface area contributed by atoms with Crippen LogP contribution in [-0.2, 0) is 6.54 Å². The van der Waals surface area contributed by atoms with Gasteiger partial charge < -0.3 is 10.7 Å². The van der Waals surface area contributed by atoms with Gasteiger partial charge in [-0.3, -0.25) is 0 Å². The second kappa shape index (κ2) is 6.40. The van der Waals surface area contributed by atoms with Gasteiger partial charge in [0.2, 0.25) is 0 Å². The number of nitrogens with two attached hydrogens (primary N) is 1. The molecule has 2 aromatic rings. The first kappa shape index (κ1) is 13.6. The summed E-state index contributed by atoms with van der Waals surface area (Å²) in [6.07, 6.45) is 1.93. The molecule has 0 aliphatic heterocycles. The van der Waals surface area contributed by atoms with E-state index in [1.807, 2.05) is 12.3 Å². The van der Waals surface area contributed by atoms with Gasteiger partial charge in [0.15, 0.2) is 5.16 Å². The van der Waals surface area contributed by atoms with Crippen molar-refractivity contribution in [1.29, 1.82) is 0 Å².